The molecule has 0 bridgehead atoms. The zero-order chi connectivity index (χ0) is 58.0. The van der Waals surface area contributed by atoms with Crippen LogP contribution in [0.4, 0.5) is 47.3 Å². The number of carbonyl (C=O) groups is 6. The van der Waals surface area contributed by atoms with Gasteiger partial charge in [0.1, 0.15) is 13.1 Å². The fourth-order valence-electron chi connectivity index (χ4n) is 8.91. The highest BCUT2D eigenvalue weighted by Gasteiger charge is 2.47. The smallest absolute Gasteiger partial charge is 0.416 e. The first-order valence-electron chi connectivity index (χ1n) is 24.3. The lowest BCUT2D eigenvalue weighted by atomic mass is 9.92. The fraction of sp³-hybridized carbons (Fsp3) is 0.333. The summed E-state index contributed by atoms with van der Waals surface area (Å²) in [5, 5.41) is 24.1. The molecule has 6 amide bonds. The molecule has 0 unspecified atom stereocenters. The van der Waals surface area contributed by atoms with Crippen LogP contribution in [0, 0.1) is 22.7 Å². The molecule has 6 rings (SSSR count). The molecule has 4 aromatic rings. The van der Waals surface area contributed by atoms with Crippen LogP contribution in [0.1, 0.15) is 59.3 Å². The summed E-state index contributed by atoms with van der Waals surface area (Å²) in [4.78, 5) is 89.0. The predicted octanol–water partition coefficient (Wildman–Crippen LogP) is 5.87. The van der Waals surface area contributed by atoms with E-state index in [9.17, 15) is 65.6 Å². The maximum absolute atomic E-state index is 14.7. The Bertz CT molecular complexity index is 2920. The number of halogens is 9. The summed E-state index contributed by atoms with van der Waals surface area (Å²) in [6.45, 7) is 1.80. The zero-order valence-corrected chi connectivity index (χ0v) is 48.6. The fourth-order valence-corrected chi connectivity index (χ4v) is 10.0. The van der Waals surface area contributed by atoms with Gasteiger partial charge in [-0.05, 0) is 85.6 Å². The summed E-state index contributed by atoms with van der Waals surface area (Å²) in [5.41, 5.74) is -2.03. The van der Waals surface area contributed by atoms with Crippen molar-refractivity contribution in [3.63, 3.8) is 0 Å². The van der Waals surface area contributed by atoms with Crippen LogP contribution in [0.25, 0.3) is 0 Å². The zero-order valence-electron chi connectivity index (χ0n) is 43.3. The number of nitrogens with zero attached hydrogens (tertiary/aromatic N) is 7. The molecule has 2 N–H and O–H groups in total. The van der Waals surface area contributed by atoms with Crippen molar-refractivity contribution in [1.29, 1.82) is 10.5 Å². The van der Waals surface area contributed by atoms with E-state index >= 15 is 0 Å². The number of ether oxygens (including phenoxy) is 2. The summed E-state index contributed by atoms with van der Waals surface area (Å²) in [6.07, 6.45) is -9.61. The molecular formula is C54H52Br2F6IN9O8. The predicted molar refractivity (Wildman–Crippen MR) is 283 cm³/mol. The largest absolute Gasteiger partial charge is 1.00 e. The molecule has 2 atom stereocenters. The Balaban J connectivity index is 0.0000118. The number of likely N-dealkylation sites (N-methyl/N-ethyl adjacent to an activating group) is 1. The van der Waals surface area contributed by atoms with E-state index < -0.39 is 84.5 Å². The van der Waals surface area contributed by atoms with Gasteiger partial charge in [0.2, 0.25) is 11.8 Å². The number of nitrogens with one attached hydrogen (secondary N) is 2. The summed E-state index contributed by atoms with van der Waals surface area (Å²) >= 11 is 6.64. The second kappa shape index (κ2) is 27.4. The molecule has 0 saturated heterocycles. The number of allylic oxidation sites excluding steroid dienone is 2. The van der Waals surface area contributed by atoms with Crippen molar-refractivity contribution >= 4 is 79.0 Å². The van der Waals surface area contributed by atoms with Crippen molar-refractivity contribution in [3.05, 3.63) is 153 Å². The van der Waals surface area contributed by atoms with Gasteiger partial charge >= 0.3 is 36.4 Å². The van der Waals surface area contributed by atoms with Crippen molar-refractivity contribution in [2.75, 3.05) is 87.0 Å². The van der Waals surface area contributed by atoms with Crippen LogP contribution in [0.3, 0.4) is 0 Å². The molecule has 0 radical (unpaired) electrons. The molecule has 4 aromatic carbocycles. The lowest BCUT2D eigenvalue weighted by molar-refractivity contribution is -0.887. The van der Waals surface area contributed by atoms with E-state index in [1.165, 1.54) is 74.5 Å². The van der Waals surface area contributed by atoms with Crippen molar-refractivity contribution in [3.8, 4) is 12.1 Å². The molecule has 424 valence electrons. The Morgan fingerprint density at radius 2 is 0.963 bits per heavy atom. The molecule has 0 saturated carbocycles. The molecule has 0 aromatic heterocycles. The van der Waals surface area contributed by atoms with Gasteiger partial charge in [-0.3, -0.25) is 19.4 Å². The van der Waals surface area contributed by atoms with E-state index in [1.54, 1.807) is 14.1 Å². The standard InChI is InChI=1S/C54H51Br2F6N9O8.HI/c1-5-78-49(74)45-41(27-55)69(39-11-7-9-37(25-39)53(57,58)59)51(76)67(47(45)35-17-13-33(29-63)14-18-35)31-43(72)65-21-23-71(3,4)24-22-66-44(73)32-68-48(36-19-15-34(30-64)16-20-36)46(50(75)79-6-2)42(28-56)70(52(68)77)40-12-8-10-38(26-40)54(60,61)62;/h7-20,25-26,47-48H,5-6,21-24,27-28,31-32H2,1-4H3,(H-,65,66,72,73);1H/t47-,48-;/m1./s1. The molecular weight excluding hydrogens is 1300 g/mol. The van der Waals surface area contributed by atoms with Gasteiger partial charge in [-0.1, -0.05) is 68.3 Å². The second-order valence-corrected chi connectivity index (χ2v) is 19.5. The van der Waals surface area contributed by atoms with Gasteiger partial charge in [-0.2, -0.15) is 36.9 Å². The van der Waals surface area contributed by atoms with Crippen LogP contribution < -0.4 is 44.4 Å². The number of hydrogen-bond donors (Lipinski definition) is 2. The Kier molecular flexibility index (Phi) is 21.9. The third-order valence-electron chi connectivity index (χ3n) is 12.7. The lowest BCUT2D eigenvalue weighted by Crippen LogP contribution is -3.00. The number of rotatable bonds is 20. The third-order valence-corrected chi connectivity index (χ3v) is 13.8. The highest BCUT2D eigenvalue weighted by molar-refractivity contribution is 9.09. The Morgan fingerprint density at radius 3 is 1.26 bits per heavy atom. The van der Waals surface area contributed by atoms with Gasteiger partial charge in [0, 0.05) is 10.7 Å². The second-order valence-electron chi connectivity index (χ2n) is 18.4. The molecule has 17 nitrogen and oxygen atoms in total. The average molecular weight is 1360 g/mol. The van der Waals surface area contributed by atoms with Crippen molar-refractivity contribution in [2.45, 2.75) is 38.3 Å². The number of hydrogen-bond acceptors (Lipinski definition) is 10. The van der Waals surface area contributed by atoms with E-state index in [-0.39, 0.29) is 135 Å². The van der Waals surface area contributed by atoms with Crippen LogP contribution in [-0.4, -0.2) is 127 Å². The Hall–Kier alpha value is -7.01. The third kappa shape index (κ3) is 14.9. The quantitative estimate of drug-likeness (QED) is 0.0354. The number of amides is 6. The minimum atomic E-state index is -4.80. The number of urea groups is 2. The molecule has 0 aliphatic carbocycles. The van der Waals surface area contributed by atoms with Crippen LogP contribution in [0.2, 0.25) is 0 Å². The normalized spacial score (nSPS) is 15.9. The molecule has 2 aliphatic heterocycles. The number of esters is 2. The first kappa shape index (κ1) is 63.8. The van der Waals surface area contributed by atoms with Gasteiger partial charge < -0.3 is 58.4 Å². The van der Waals surface area contributed by atoms with Crippen LogP contribution in [0.5, 0.6) is 0 Å². The van der Waals surface area contributed by atoms with Crippen molar-refractivity contribution in [2.24, 2.45) is 0 Å². The molecule has 2 aliphatic rings. The summed E-state index contributed by atoms with van der Waals surface area (Å²) < 4.78 is 95.0. The SMILES string of the molecule is CCOC(=O)C1=C(CBr)N(c2cccc(C(F)(F)F)c2)C(=O)N(CC(=O)NCC[N+](C)(C)CCNC(=O)CN2C(=O)N(c3cccc(C(F)(F)F)c3)C(CBr)=C(C(=O)OCC)[C@H]2c2ccc(C#N)cc2)[C@@H]1c1ccc(C#N)cc1.[I-]. The highest BCUT2D eigenvalue weighted by atomic mass is 127. The van der Waals surface area contributed by atoms with Gasteiger partial charge in [-0.15, -0.1) is 0 Å². The average Bonchev–Trinajstić information content (AvgIpc) is 3.41. The van der Waals surface area contributed by atoms with E-state index in [0.717, 1.165) is 56.0 Å². The molecule has 26 heteroatoms. The van der Waals surface area contributed by atoms with Crippen molar-refractivity contribution in [1.82, 2.24) is 20.4 Å². The van der Waals surface area contributed by atoms with Crippen LogP contribution in [-0.2, 0) is 41.0 Å². The monoisotopic (exact) mass is 1350 g/mol. The summed E-state index contributed by atoms with van der Waals surface area (Å²) in [7, 11) is 3.55. The van der Waals surface area contributed by atoms with Gasteiger partial charge in [-0.25, -0.2) is 19.2 Å². The topological polar surface area (TPSA) is 205 Å². The maximum atomic E-state index is 14.7. The number of anilines is 2. The van der Waals surface area contributed by atoms with E-state index in [0.29, 0.717) is 0 Å². The van der Waals surface area contributed by atoms with E-state index in [1.807, 2.05) is 12.1 Å². The molecule has 0 spiro atoms. The van der Waals surface area contributed by atoms with Gasteiger partial charge in [0.25, 0.3) is 0 Å². The minimum absolute atomic E-state index is 0. The Morgan fingerprint density at radius 1 is 0.613 bits per heavy atom. The summed E-state index contributed by atoms with van der Waals surface area (Å²) in [5.74, 6) is -3.28. The first-order valence-corrected chi connectivity index (χ1v) is 26.5. The number of nitriles is 2. The molecule has 0 fully saturated rings. The maximum Gasteiger partial charge on any atom is 0.416 e. The Labute approximate surface area is 490 Å². The molecule has 80 heavy (non-hydrogen) atoms. The van der Waals surface area contributed by atoms with E-state index in [2.05, 4.69) is 42.5 Å². The number of benzene rings is 4. The summed E-state index contributed by atoms with van der Waals surface area (Å²) in [6, 6.07) is 18.9. The highest BCUT2D eigenvalue weighted by Crippen LogP contribution is 2.44. The number of quaternary nitrogens is 1. The minimum Gasteiger partial charge on any atom is -1.00 e. The number of alkyl halides is 8. The first-order chi connectivity index (χ1) is 37.4. The van der Waals surface area contributed by atoms with Gasteiger partial charge in [0.15, 0.2) is 0 Å². The number of carbonyl (C=O) groups excluding carboxylic acids is 6. The van der Waals surface area contributed by atoms with E-state index in [4.69, 9.17) is 9.47 Å². The molecule has 2 heterocycles. The van der Waals surface area contributed by atoms with Crippen LogP contribution >= 0.6 is 31.9 Å². The van der Waals surface area contributed by atoms with Gasteiger partial charge in [0.05, 0.1) is 134 Å². The lowest BCUT2D eigenvalue weighted by Gasteiger charge is -2.43. The van der Waals surface area contributed by atoms with Crippen molar-refractivity contribution < 1.29 is 93.0 Å². The van der Waals surface area contributed by atoms with Crippen LogP contribution in [0.15, 0.2) is 120 Å².